The molecule has 0 aromatic heterocycles. The van der Waals surface area contributed by atoms with Gasteiger partial charge in [-0.1, -0.05) is 13.0 Å². The minimum atomic E-state index is 0.109. The Morgan fingerprint density at radius 1 is 1.27 bits per heavy atom. The van der Waals surface area contributed by atoms with Crippen molar-refractivity contribution in [1.29, 1.82) is 0 Å². The van der Waals surface area contributed by atoms with E-state index in [1.807, 2.05) is 13.8 Å². The Labute approximate surface area is 68.3 Å². The second-order valence-corrected chi connectivity index (χ2v) is 2.17. The average molecular weight is 156 g/mol. The maximum atomic E-state index is 9.96. The second-order valence-electron chi connectivity index (χ2n) is 2.17. The first-order chi connectivity index (χ1) is 5.04. The summed E-state index contributed by atoms with van der Waals surface area (Å²) in [6.07, 6.45) is 3.92. The molecule has 0 aromatic rings. The van der Waals surface area contributed by atoms with Gasteiger partial charge < -0.3 is 4.79 Å². The van der Waals surface area contributed by atoms with Gasteiger partial charge in [0.15, 0.2) is 5.78 Å². The zero-order valence-corrected chi connectivity index (χ0v) is 7.68. The lowest BCUT2D eigenvalue weighted by Crippen LogP contribution is -1.80. The average Bonchev–Trinajstić information content (AvgIpc) is 1.89. The summed E-state index contributed by atoms with van der Waals surface area (Å²) in [6.45, 7) is 6.78. The van der Waals surface area contributed by atoms with Crippen molar-refractivity contribution in [3.8, 4) is 0 Å². The lowest BCUT2D eigenvalue weighted by Gasteiger charge is -1.71. The molecule has 64 valence electrons. The lowest BCUT2D eigenvalue weighted by molar-refractivity contribution is -0.116. The highest BCUT2D eigenvalue weighted by Crippen LogP contribution is 1.71. The zero-order chi connectivity index (χ0) is 9.28. The van der Waals surface area contributed by atoms with Crippen molar-refractivity contribution in [3.63, 3.8) is 0 Å². The van der Waals surface area contributed by atoms with Crippen LogP contribution in [0.5, 0.6) is 0 Å². The third-order valence-electron chi connectivity index (χ3n) is 0.899. The number of allylic oxidation sites excluding steroid dienone is 2. The molecule has 2 nitrogen and oxygen atoms in total. The molecule has 0 N–H and O–H groups in total. The molecule has 0 atom stereocenters. The third-order valence-corrected chi connectivity index (χ3v) is 0.899. The lowest BCUT2D eigenvalue weighted by atomic mass is 10.4. The SMILES string of the molecule is C/C=C/C(C)=O.CCC(C)=O. The molecule has 0 saturated carbocycles. The number of rotatable bonds is 2. The van der Waals surface area contributed by atoms with Gasteiger partial charge in [0.2, 0.25) is 0 Å². The molecule has 0 fully saturated rings. The molecule has 11 heavy (non-hydrogen) atoms. The molecule has 0 heterocycles. The van der Waals surface area contributed by atoms with E-state index >= 15 is 0 Å². The molecular weight excluding hydrogens is 140 g/mol. The van der Waals surface area contributed by atoms with Gasteiger partial charge in [-0.3, -0.25) is 4.79 Å². The van der Waals surface area contributed by atoms with Crippen LogP contribution in [0.25, 0.3) is 0 Å². The van der Waals surface area contributed by atoms with Crippen LogP contribution in [0.3, 0.4) is 0 Å². The van der Waals surface area contributed by atoms with Crippen molar-refractivity contribution in [2.24, 2.45) is 0 Å². The Bertz CT molecular complexity index is 146. The van der Waals surface area contributed by atoms with Crippen LogP contribution in [-0.2, 0) is 9.59 Å². The molecule has 2 heteroatoms. The van der Waals surface area contributed by atoms with E-state index in [0.717, 1.165) is 0 Å². The van der Waals surface area contributed by atoms with Crippen LogP contribution in [0.15, 0.2) is 12.2 Å². The molecule has 0 aliphatic carbocycles. The van der Waals surface area contributed by atoms with E-state index in [0.29, 0.717) is 6.42 Å². The molecule has 0 spiro atoms. The summed E-state index contributed by atoms with van der Waals surface area (Å²) in [7, 11) is 0. The van der Waals surface area contributed by atoms with Gasteiger partial charge in [0.05, 0.1) is 0 Å². The fourth-order valence-electron chi connectivity index (χ4n) is 0.235. The van der Waals surface area contributed by atoms with Crippen LogP contribution < -0.4 is 0 Å². The van der Waals surface area contributed by atoms with Crippen LogP contribution in [0.1, 0.15) is 34.1 Å². The maximum absolute atomic E-state index is 9.96. The molecule has 0 aliphatic rings. The quantitative estimate of drug-likeness (QED) is 0.574. The van der Waals surface area contributed by atoms with Gasteiger partial charge in [-0.2, -0.15) is 0 Å². The molecule has 0 amide bonds. The summed E-state index contributed by atoms with van der Waals surface area (Å²) in [5.41, 5.74) is 0. The van der Waals surface area contributed by atoms with Crippen molar-refractivity contribution in [1.82, 2.24) is 0 Å². The fourth-order valence-corrected chi connectivity index (χ4v) is 0.235. The minimum Gasteiger partial charge on any atom is -0.300 e. The molecule has 0 unspecified atom stereocenters. The van der Waals surface area contributed by atoms with E-state index in [1.165, 1.54) is 13.0 Å². The Morgan fingerprint density at radius 3 is 1.64 bits per heavy atom. The van der Waals surface area contributed by atoms with Gasteiger partial charge in [0, 0.05) is 6.42 Å². The summed E-state index contributed by atoms with van der Waals surface area (Å²) in [6, 6.07) is 0. The number of hydrogen-bond donors (Lipinski definition) is 0. The predicted octanol–water partition coefficient (Wildman–Crippen LogP) is 2.14. The number of carbonyl (C=O) groups excluding carboxylic acids is 2. The summed E-state index contributed by atoms with van der Waals surface area (Å²) in [5, 5.41) is 0. The van der Waals surface area contributed by atoms with Crippen LogP contribution >= 0.6 is 0 Å². The number of carbonyl (C=O) groups is 2. The first-order valence-corrected chi connectivity index (χ1v) is 3.67. The summed E-state index contributed by atoms with van der Waals surface area (Å²) < 4.78 is 0. The highest BCUT2D eigenvalue weighted by atomic mass is 16.1. The summed E-state index contributed by atoms with van der Waals surface area (Å²) >= 11 is 0. The van der Waals surface area contributed by atoms with E-state index in [1.54, 1.807) is 13.0 Å². The topological polar surface area (TPSA) is 34.1 Å². The molecular formula is C9H16O2. The highest BCUT2D eigenvalue weighted by Gasteiger charge is 1.76. The van der Waals surface area contributed by atoms with E-state index < -0.39 is 0 Å². The van der Waals surface area contributed by atoms with Crippen LogP contribution in [-0.4, -0.2) is 11.6 Å². The molecule has 0 radical (unpaired) electrons. The first kappa shape index (κ1) is 12.7. The van der Waals surface area contributed by atoms with Crippen LogP contribution in [0.2, 0.25) is 0 Å². The van der Waals surface area contributed by atoms with E-state index in [-0.39, 0.29) is 11.6 Å². The van der Waals surface area contributed by atoms with Crippen molar-refractivity contribution in [2.75, 3.05) is 0 Å². The normalized spacial score (nSPS) is 8.73. The molecule has 0 bridgehead atoms. The minimum absolute atomic E-state index is 0.109. The fraction of sp³-hybridized carbons (Fsp3) is 0.556. The smallest absolute Gasteiger partial charge is 0.152 e. The third kappa shape index (κ3) is 27.3. The summed E-state index contributed by atoms with van der Waals surface area (Å²) in [4.78, 5) is 19.8. The second kappa shape index (κ2) is 9.08. The molecule has 0 saturated heterocycles. The van der Waals surface area contributed by atoms with Gasteiger partial charge in [0.1, 0.15) is 5.78 Å². The largest absolute Gasteiger partial charge is 0.300 e. The van der Waals surface area contributed by atoms with Crippen molar-refractivity contribution < 1.29 is 9.59 Å². The monoisotopic (exact) mass is 156 g/mol. The van der Waals surface area contributed by atoms with E-state index in [9.17, 15) is 9.59 Å². The van der Waals surface area contributed by atoms with Crippen molar-refractivity contribution in [3.05, 3.63) is 12.2 Å². The van der Waals surface area contributed by atoms with Gasteiger partial charge in [-0.15, -0.1) is 0 Å². The molecule has 0 aliphatic heterocycles. The molecule has 0 rings (SSSR count). The zero-order valence-electron chi connectivity index (χ0n) is 7.68. The Hall–Kier alpha value is -0.920. The van der Waals surface area contributed by atoms with Crippen molar-refractivity contribution >= 4 is 11.6 Å². The Balaban J connectivity index is 0. The standard InChI is InChI=1S/C5H8O.C4H8O/c1-3-4-5(2)6;1-3-4(2)5/h3-4H,1-2H3;3H2,1-2H3/b4-3+;. The number of ketones is 2. The van der Waals surface area contributed by atoms with Gasteiger partial charge in [-0.05, 0) is 26.8 Å². The Morgan fingerprint density at radius 2 is 1.64 bits per heavy atom. The Kier molecular flexibility index (Phi) is 10.5. The first-order valence-electron chi connectivity index (χ1n) is 3.67. The number of Topliss-reactive ketones (excluding diaryl/α,β-unsaturated/α-hetero) is 1. The van der Waals surface area contributed by atoms with Crippen molar-refractivity contribution in [2.45, 2.75) is 34.1 Å². The van der Waals surface area contributed by atoms with E-state index in [2.05, 4.69) is 0 Å². The molecule has 0 aromatic carbocycles. The summed E-state index contributed by atoms with van der Waals surface area (Å²) in [5.74, 6) is 0.363. The van der Waals surface area contributed by atoms with Crippen LogP contribution in [0, 0.1) is 0 Å². The van der Waals surface area contributed by atoms with Gasteiger partial charge >= 0.3 is 0 Å². The highest BCUT2D eigenvalue weighted by molar-refractivity contribution is 5.87. The van der Waals surface area contributed by atoms with Gasteiger partial charge in [-0.25, -0.2) is 0 Å². The maximum Gasteiger partial charge on any atom is 0.152 e. The number of hydrogen-bond acceptors (Lipinski definition) is 2. The van der Waals surface area contributed by atoms with Gasteiger partial charge in [0.25, 0.3) is 0 Å². The van der Waals surface area contributed by atoms with E-state index in [4.69, 9.17) is 0 Å². The van der Waals surface area contributed by atoms with Crippen LogP contribution in [0.4, 0.5) is 0 Å². The predicted molar refractivity (Wildman–Crippen MR) is 46.5 cm³/mol.